The Kier molecular flexibility index (Phi) is 11.5. The highest BCUT2D eigenvalue weighted by Crippen LogP contribution is 2.47. The van der Waals surface area contributed by atoms with Crippen LogP contribution in [0.1, 0.15) is 55.0 Å². The van der Waals surface area contributed by atoms with Crippen LogP contribution in [0.2, 0.25) is 10.0 Å². The topological polar surface area (TPSA) is 147 Å². The molecule has 51 heavy (non-hydrogen) atoms. The normalized spacial score (nSPS) is 23.3. The van der Waals surface area contributed by atoms with Gasteiger partial charge in [-0.05, 0) is 61.2 Å². The first-order valence-electron chi connectivity index (χ1n) is 17.2. The van der Waals surface area contributed by atoms with Crippen molar-refractivity contribution < 1.29 is 27.5 Å². The molecule has 1 unspecified atom stereocenters. The van der Waals surface area contributed by atoms with E-state index < -0.39 is 33.7 Å². The van der Waals surface area contributed by atoms with Gasteiger partial charge in [-0.25, -0.2) is 8.42 Å². The third-order valence-electron chi connectivity index (χ3n) is 9.80. The standard InChI is InChI=1S/C36H44Cl2N6O6S/c1-3-50-29-22-30(49-2)31(51(47,48)44-15-5-4-6-16-44)21-28(29)36(35(46)43-19-17-42(18-20-43)23-32(39)45)40-33(24-7-11-26(37)12-8-24)34(41-36)25-9-13-27(38)14-10-25/h7-14,21-22,33-34,40-41H,3-6,15-20,23H2,1-2H3,(H2,39,45)/t33-,34+,36?. The number of ether oxygens (including phenoxy) is 2. The summed E-state index contributed by atoms with van der Waals surface area (Å²) in [4.78, 5) is 30.5. The van der Waals surface area contributed by atoms with Gasteiger partial charge < -0.3 is 20.1 Å². The molecule has 3 saturated heterocycles. The molecule has 12 nitrogen and oxygen atoms in total. The van der Waals surface area contributed by atoms with E-state index in [1.807, 2.05) is 36.1 Å². The summed E-state index contributed by atoms with van der Waals surface area (Å²) in [5, 5.41) is 8.44. The lowest BCUT2D eigenvalue weighted by atomic mass is 9.95. The number of nitrogens with two attached hydrogens (primary N) is 1. The minimum absolute atomic E-state index is 0.0506. The number of rotatable bonds is 11. The smallest absolute Gasteiger partial charge is 0.262 e. The van der Waals surface area contributed by atoms with Gasteiger partial charge in [0.05, 0.1) is 32.3 Å². The van der Waals surface area contributed by atoms with Crippen molar-refractivity contribution in [1.29, 1.82) is 0 Å². The summed E-state index contributed by atoms with van der Waals surface area (Å²) in [6.07, 6.45) is 2.46. The molecule has 0 spiro atoms. The van der Waals surface area contributed by atoms with Gasteiger partial charge in [-0.1, -0.05) is 53.9 Å². The molecular formula is C36H44Cl2N6O6S. The number of piperidine rings is 1. The lowest BCUT2D eigenvalue weighted by Crippen LogP contribution is -2.62. The highest BCUT2D eigenvalue weighted by atomic mass is 35.5. The third kappa shape index (κ3) is 7.71. The molecule has 0 saturated carbocycles. The molecule has 3 aliphatic rings. The van der Waals surface area contributed by atoms with E-state index in [1.165, 1.54) is 17.5 Å². The lowest BCUT2D eigenvalue weighted by molar-refractivity contribution is -0.141. The Bertz CT molecular complexity index is 1780. The zero-order valence-electron chi connectivity index (χ0n) is 28.7. The van der Waals surface area contributed by atoms with Gasteiger partial charge in [0.15, 0.2) is 5.66 Å². The molecule has 3 heterocycles. The molecule has 2 amide bonds. The molecule has 6 rings (SSSR count). The maximum atomic E-state index is 15.3. The SMILES string of the molecule is CCOc1cc(OC)c(S(=O)(=O)N2CCCCC2)cc1C1(C(=O)N2CCN(CC(N)=O)CC2)N[C@H](c2ccc(Cl)cc2)[C@H](c2ccc(Cl)cc2)N1. The van der Waals surface area contributed by atoms with Gasteiger partial charge in [0.1, 0.15) is 16.4 Å². The number of nitrogens with zero attached hydrogens (tertiary/aromatic N) is 3. The fourth-order valence-electron chi connectivity index (χ4n) is 7.24. The van der Waals surface area contributed by atoms with Crippen LogP contribution in [-0.4, -0.2) is 93.9 Å². The van der Waals surface area contributed by atoms with E-state index in [0.717, 1.165) is 30.4 Å². The summed E-state index contributed by atoms with van der Waals surface area (Å²) in [6.45, 7) is 4.42. The van der Waals surface area contributed by atoms with Crippen molar-refractivity contribution >= 4 is 45.0 Å². The van der Waals surface area contributed by atoms with Crippen LogP contribution in [0.25, 0.3) is 0 Å². The molecule has 15 heteroatoms. The van der Waals surface area contributed by atoms with Crippen LogP contribution in [0.3, 0.4) is 0 Å². The molecule has 3 fully saturated rings. The first-order valence-corrected chi connectivity index (χ1v) is 19.4. The van der Waals surface area contributed by atoms with Crippen LogP contribution in [0.15, 0.2) is 65.6 Å². The predicted molar refractivity (Wildman–Crippen MR) is 195 cm³/mol. The van der Waals surface area contributed by atoms with Crippen LogP contribution in [0.4, 0.5) is 0 Å². The van der Waals surface area contributed by atoms with E-state index in [9.17, 15) is 13.2 Å². The molecule has 4 N–H and O–H groups in total. The Morgan fingerprint density at radius 2 is 1.39 bits per heavy atom. The first-order chi connectivity index (χ1) is 24.5. The van der Waals surface area contributed by atoms with Gasteiger partial charge in [-0.3, -0.25) is 25.1 Å². The number of carbonyl (C=O) groups is 2. The van der Waals surface area contributed by atoms with Gasteiger partial charge >= 0.3 is 0 Å². The summed E-state index contributed by atoms with van der Waals surface area (Å²) in [5.41, 5.74) is 5.78. The zero-order chi connectivity index (χ0) is 36.3. The number of methoxy groups -OCH3 is 1. The minimum atomic E-state index is -4.03. The molecule has 0 bridgehead atoms. The molecule has 0 radical (unpaired) electrons. The van der Waals surface area contributed by atoms with Crippen molar-refractivity contribution in [2.45, 2.75) is 48.8 Å². The van der Waals surface area contributed by atoms with E-state index in [4.69, 9.17) is 38.4 Å². The Hall–Kier alpha value is -3.43. The quantitative estimate of drug-likeness (QED) is 0.264. The lowest BCUT2D eigenvalue weighted by Gasteiger charge is -2.40. The van der Waals surface area contributed by atoms with Gasteiger partial charge in [-0.15, -0.1) is 0 Å². The monoisotopic (exact) mass is 758 g/mol. The number of primary amides is 1. The molecule has 274 valence electrons. The van der Waals surface area contributed by atoms with Crippen LogP contribution in [-0.2, 0) is 25.3 Å². The van der Waals surface area contributed by atoms with E-state index in [-0.39, 0.29) is 29.7 Å². The van der Waals surface area contributed by atoms with E-state index in [0.29, 0.717) is 60.6 Å². The number of piperazine rings is 1. The number of carbonyl (C=O) groups excluding carboxylic acids is 2. The van der Waals surface area contributed by atoms with Crippen molar-refractivity contribution in [3.8, 4) is 11.5 Å². The van der Waals surface area contributed by atoms with Gasteiger partial charge in [0.25, 0.3) is 5.91 Å². The van der Waals surface area contributed by atoms with Crippen molar-refractivity contribution in [2.24, 2.45) is 5.73 Å². The second kappa shape index (κ2) is 15.7. The summed E-state index contributed by atoms with van der Waals surface area (Å²) < 4.78 is 42.1. The molecule has 3 atom stereocenters. The number of hydrogen-bond acceptors (Lipinski definition) is 9. The Labute approximate surface area is 309 Å². The number of sulfonamides is 1. The number of hydrogen-bond donors (Lipinski definition) is 3. The summed E-state index contributed by atoms with van der Waals surface area (Å²) in [5.74, 6) is -0.357. The number of halogens is 2. The van der Waals surface area contributed by atoms with E-state index >= 15 is 4.79 Å². The second-order valence-electron chi connectivity index (χ2n) is 13.0. The molecular weight excluding hydrogens is 715 g/mol. The maximum Gasteiger partial charge on any atom is 0.262 e. The van der Waals surface area contributed by atoms with E-state index in [2.05, 4.69) is 10.6 Å². The van der Waals surface area contributed by atoms with Crippen LogP contribution in [0.5, 0.6) is 11.5 Å². The van der Waals surface area contributed by atoms with Gasteiger partial charge in [-0.2, -0.15) is 4.31 Å². The molecule has 3 aliphatic heterocycles. The van der Waals surface area contributed by atoms with E-state index in [1.54, 1.807) is 35.2 Å². The predicted octanol–water partition coefficient (Wildman–Crippen LogP) is 4.03. The highest BCUT2D eigenvalue weighted by Gasteiger charge is 2.55. The summed E-state index contributed by atoms with van der Waals surface area (Å²) in [7, 11) is -2.61. The van der Waals surface area contributed by atoms with Gasteiger partial charge in [0, 0.05) is 60.9 Å². The summed E-state index contributed by atoms with van der Waals surface area (Å²) in [6, 6.07) is 16.9. The van der Waals surface area contributed by atoms with Gasteiger partial charge in [0.2, 0.25) is 15.9 Å². The summed E-state index contributed by atoms with van der Waals surface area (Å²) >= 11 is 12.6. The average molecular weight is 760 g/mol. The third-order valence-corrected chi connectivity index (χ3v) is 12.2. The second-order valence-corrected chi connectivity index (χ2v) is 15.8. The van der Waals surface area contributed by atoms with Crippen molar-refractivity contribution in [1.82, 2.24) is 24.7 Å². The van der Waals surface area contributed by atoms with Crippen molar-refractivity contribution in [3.63, 3.8) is 0 Å². The van der Waals surface area contributed by atoms with Crippen LogP contribution in [0, 0.1) is 0 Å². The largest absolute Gasteiger partial charge is 0.495 e. The maximum absolute atomic E-state index is 15.3. The first kappa shape index (κ1) is 37.3. The molecule has 3 aromatic rings. The minimum Gasteiger partial charge on any atom is -0.495 e. The Balaban J connectivity index is 1.55. The Morgan fingerprint density at radius 3 is 1.88 bits per heavy atom. The fraction of sp³-hybridized carbons (Fsp3) is 0.444. The average Bonchev–Trinajstić information content (AvgIpc) is 3.54. The number of benzene rings is 3. The number of nitrogens with one attached hydrogen (secondary N) is 2. The highest BCUT2D eigenvalue weighted by molar-refractivity contribution is 7.89. The Morgan fingerprint density at radius 1 is 0.843 bits per heavy atom. The van der Waals surface area contributed by atoms with Crippen molar-refractivity contribution in [2.75, 3.05) is 59.5 Å². The zero-order valence-corrected chi connectivity index (χ0v) is 31.1. The van der Waals surface area contributed by atoms with Crippen molar-refractivity contribution in [3.05, 3.63) is 87.4 Å². The van der Waals surface area contributed by atoms with Crippen LogP contribution >= 0.6 is 23.2 Å². The molecule has 3 aromatic carbocycles. The number of amides is 2. The molecule has 0 aromatic heterocycles. The molecule has 0 aliphatic carbocycles. The fourth-order valence-corrected chi connectivity index (χ4v) is 9.17. The van der Waals surface area contributed by atoms with Crippen LogP contribution < -0.4 is 25.8 Å².